The van der Waals surface area contributed by atoms with Crippen molar-refractivity contribution in [3.63, 3.8) is 0 Å². The number of carbonyl (C=O) groups excluding carboxylic acids is 1. The van der Waals surface area contributed by atoms with E-state index in [1.807, 2.05) is 13.8 Å². The molecule has 1 N–H and O–H groups in total. The van der Waals surface area contributed by atoms with Crippen molar-refractivity contribution in [1.82, 2.24) is 14.9 Å². The predicted molar refractivity (Wildman–Crippen MR) is 88.8 cm³/mol. The first kappa shape index (κ1) is 16.1. The van der Waals surface area contributed by atoms with Crippen LogP contribution in [-0.2, 0) is 9.53 Å². The molecule has 1 aromatic rings. The van der Waals surface area contributed by atoms with Crippen LogP contribution in [0, 0.1) is 13.8 Å². The summed E-state index contributed by atoms with van der Waals surface area (Å²) in [6, 6.07) is 0. The van der Waals surface area contributed by atoms with Crippen molar-refractivity contribution in [3.05, 3.63) is 11.4 Å². The first-order valence-corrected chi connectivity index (χ1v) is 8.26. The highest BCUT2D eigenvalue weighted by atomic mass is 16.5. The van der Waals surface area contributed by atoms with E-state index in [0.717, 1.165) is 56.4 Å². The zero-order valence-corrected chi connectivity index (χ0v) is 14.1. The van der Waals surface area contributed by atoms with Crippen molar-refractivity contribution < 1.29 is 9.53 Å². The first-order valence-electron chi connectivity index (χ1n) is 8.26. The topological polar surface area (TPSA) is 70.6 Å². The highest BCUT2D eigenvalue weighted by Crippen LogP contribution is 2.22. The molecule has 0 spiro atoms. The second-order valence-electron chi connectivity index (χ2n) is 6.35. The van der Waals surface area contributed by atoms with E-state index in [4.69, 9.17) is 4.74 Å². The molecule has 0 bridgehead atoms. The molecule has 1 aromatic heterocycles. The average molecular weight is 319 g/mol. The number of hydrogen-bond donors (Lipinski definition) is 1. The number of piperazine rings is 1. The summed E-state index contributed by atoms with van der Waals surface area (Å²) >= 11 is 0. The lowest BCUT2D eigenvalue weighted by Crippen LogP contribution is -2.45. The van der Waals surface area contributed by atoms with Crippen LogP contribution in [-0.4, -0.2) is 66.7 Å². The van der Waals surface area contributed by atoms with E-state index in [1.165, 1.54) is 0 Å². The zero-order valence-electron chi connectivity index (χ0n) is 14.1. The minimum absolute atomic E-state index is 0.0929. The summed E-state index contributed by atoms with van der Waals surface area (Å²) in [5.41, 5.74) is 2.32. The Hall–Kier alpha value is -1.73. The van der Waals surface area contributed by atoms with Gasteiger partial charge in [0.25, 0.3) is 5.91 Å². The van der Waals surface area contributed by atoms with Gasteiger partial charge in [0.15, 0.2) is 0 Å². The highest BCUT2D eigenvalue weighted by molar-refractivity contribution is 5.95. The molecule has 7 heteroatoms. The Morgan fingerprint density at radius 1 is 1.17 bits per heavy atom. The molecule has 2 fully saturated rings. The van der Waals surface area contributed by atoms with Crippen molar-refractivity contribution in [2.45, 2.75) is 32.8 Å². The fourth-order valence-electron chi connectivity index (χ4n) is 3.02. The zero-order chi connectivity index (χ0) is 16.4. The Balaban J connectivity index is 1.73. The molecule has 2 aliphatic heterocycles. The monoisotopic (exact) mass is 319 g/mol. The Morgan fingerprint density at radius 3 is 2.39 bits per heavy atom. The number of aryl methyl sites for hydroxylation is 2. The largest absolute Gasteiger partial charge is 0.368 e. The van der Waals surface area contributed by atoms with Crippen LogP contribution in [0.2, 0.25) is 0 Å². The average Bonchev–Trinajstić information content (AvgIpc) is 3.05. The molecule has 2 aliphatic rings. The third kappa shape index (κ3) is 3.61. The van der Waals surface area contributed by atoms with Gasteiger partial charge < -0.3 is 19.9 Å². The first-order chi connectivity index (χ1) is 11.0. The number of nitrogens with zero attached hydrogens (tertiary/aromatic N) is 4. The lowest BCUT2D eigenvalue weighted by molar-refractivity contribution is -0.124. The number of ether oxygens (including phenoxy) is 1. The maximum absolute atomic E-state index is 12.2. The molecule has 2 saturated heterocycles. The minimum atomic E-state index is -0.342. The Kier molecular flexibility index (Phi) is 4.77. The van der Waals surface area contributed by atoms with E-state index in [2.05, 4.69) is 32.1 Å². The van der Waals surface area contributed by atoms with Gasteiger partial charge in [-0.25, -0.2) is 9.97 Å². The normalized spacial score (nSPS) is 22.4. The summed E-state index contributed by atoms with van der Waals surface area (Å²) < 4.78 is 5.43. The molecular weight excluding hydrogens is 294 g/mol. The number of carbonyl (C=O) groups is 1. The number of likely N-dealkylation sites (N-methyl/N-ethyl adjacent to an activating group) is 1. The van der Waals surface area contributed by atoms with Gasteiger partial charge in [-0.05, 0) is 33.7 Å². The van der Waals surface area contributed by atoms with Gasteiger partial charge in [0, 0.05) is 32.8 Å². The van der Waals surface area contributed by atoms with E-state index in [1.54, 1.807) is 0 Å². The van der Waals surface area contributed by atoms with Crippen LogP contribution in [0.1, 0.15) is 24.2 Å². The molecule has 0 radical (unpaired) electrons. The number of hydrogen-bond acceptors (Lipinski definition) is 6. The number of amides is 1. The molecule has 126 valence electrons. The van der Waals surface area contributed by atoms with E-state index in [-0.39, 0.29) is 12.0 Å². The molecule has 1 unspecified atom stereocenters. The van der Waals surface area contributed by atoms with Gasteiger partial charge in [-0.3, -0.25) is 4.79 Å². The van der Waals surface area contributed by atoms with Crippen molar-refractivity contribution in [3.8, 4) is 0 Å². The van der Waals surface area contributed by atoms with Gasteiger partial charge in [-0.1, -0.05) is 0 Å². The van der Waals surface area contributed by atoms with E-state index < -0.39 is 0 Å². The molecule has 1 amide bonds. The molecule has 1 atom stereocenters. The summed E-state index contributed by atoms with van der Waals surface area (Å²) in [6.45, 7) is 8.37. The molecule has 3 rings (SSSR count). The van der Waals surface area contributed by atoms with Gasteiger partial charge in [0.1, 0.15) is 6.10 Å². The van der Waals surface area contributed by atoms with Crippen molar-refractivity contribution in [2.24, 2.45) is 0 Å². The fourth-order valence-corrected chi connectivity index (χ4v) is 3.02. The second kappa shape index (κ2) is 6.80. The van der Waals surface area contributed by atoms with Crippen molar-refractivity contribution in [2.75, 3.05) is 50.1 Å². The number of aromatic nitrogens is 2. The maximum atomic E-state index is 12.2. The smallest absolute Gasteiger partial charge is 0.253 e. The third-order valence-electron chi connectivity index (χ3n) is 4.52. The fraction of sp³-hybridized carbons (Fsp3) is 0.688. The summed E-state index contributed by atoms with van der Waals surface area (Å²) in [5, 5.41) is 2.94. The lowest BCUT2D eigenvalue weighted by Gasteiger charge is -2.32. The molecule has 0 aliphatic carbocycles. The maximum Gasteiger partial charge on any atom is 0.253 e. The number of nitrogens with one attached hydrogen (secondary N) is 1. The lowest BCUT2D eigenvalue weighted by atomic mass is 10.2. The third-order valence-corrected chi connectivity index (χ3v) is 4.52. The Morgan fingerprint density at radius 2 is 1.83 bits per heavy atom. The second-order valence-corrected chi connectivity index (χ2v) is 6.35. The molecular formula is C16H25N5O2. The van der Waals surface area contributed by atoms with E-state index in [0.29, 0.717) is 12.3 Å². The summed E-state index contributed by atoms with van der Waals surface area (Å²) in [6.07, 6.45) is 1.38. The predicted octanol–water partition coefficient (Wildman–Crippen LogP) is 0.963. The molecule has 7 nitrogen and oxygen atoms in total. The van der Waals surface area contributed by atoms with Crippen LogP contribution < -0.4 is 10.2 Å². The van der Waals surface area contributed by atoms with Crippen LogP contribution in [0.5, 0.6) is 0 Å². The molecule has 0 aromatic carbocycles. The van der Waals surface area contributed by atoms with E-state index in [9.17, 15) is 4.79 Å². The molecule has 0 saturated carbocycles. The van der Waals surface area contributed by atoms with Crippen molar-refractivity contribution in [1.29, 1.82) is 0 Å². The highest BCUT2D eigenvalue weighted by Gasteiger charge is 2.25. The summed E-state index contributed by atoms with van der Waals surface area (Å²) in [5.74, 6) is 0.660. The van der Waals surface area contributed by atoms with Crippen LogP contribution in [0.15, 0.2) is 0 Å². The number of rotatable bonds is 3. The standard InChI is InChI=1S/C16H25N5O2/c1-11-14(19-15(22)13-5-4-10-23-13)12(2)18-16(17-11)21-8-6-20(3)7-9-21/h13H,4-10H2,1-3H3,(H,19,22). The van der Waals surface area contributed by atoms with Crippen LogP contribution in [0.3, 0.4) is 0 Å². The van der Waals surface area contributed by atoms with Gasteiger partial charge in [-0.2, -0.15) is 0 Å². The van der Waals surface area contributed by atoms with Crippen molar-refractivity contribution >= 4 is 17.5 Å². The van der Waals surface area contributed by atoms with Crippen LogP contribution in [0.4, 0.5) is 11.6 Å². The summed E-state index contributed by atoms with van der Waals surface area (Å²) in [4.78, 5) is 25.9. The SMILES string of the molecule is Cc1nc(N2CCN(C)CC2)nc(C)c1NC(=O)C1CCCO1. The van der Waals surface area contributed by atoms with Gasteiger partial charge in [0.2, 0.25) is 5.95 Å². The minimum Gasteiger partial charge on any atom is -0.368 e. The van der Waals surface area contributed by atoms with Gasteiger partial charge in [-0.15, -0.1) is 0 Å². The molecule has 3 heterocycles. The number of anilines is 2. The van der Waals surface area contributed by atoms with Gasteiger partial charge in [0.05, 0.1) is 17.1 Å². The van der Waals surface area contributed by atoms with Gasteiger partial charge >= 0.3 is 0 Å². The van der Waals surface area contributed by atoms with Crippen LogP contribution >= 0.6 is 0 Å². The summed E-state index contributed by atoms with van der Waals surface area (Å²) in [7, 11) is 2.12. The quantitative estimate of drug-likeness (QED) is 0.895. The van der Waals surface area contributed by atoms with Crippen LogP contribution in [0.25, 0.3) is 0 Å². The Labute approximate surface area is 137 Å². The molecule has 23 heavy (non-hydrogen) atoms. The van der Waals surface area contributed by atoms with E-state index >= 15 is 0 Å². The Bertz CT molecular complexity index is 555.